The van der Waals surface area contributed by atoms with E-state index in [2.05, 4.69) is 10.6 Å². The molecular formula is C24H24N2O5. The molecule has 0 spiro atoms. The van der Waals surface area contributed by atoms with E-state index in [-0.39, 0.29) is 19.1 Å². The van der Waals surface area contributed by atoms with Crippen molar-refractivity contribution in [3.63, 3.8) is 0 Å². The Bertz CT molecular complexity index is 1090. The van der Waals surface area contributed by atoms with Gasteiger partial charge in [-0.15, -0.1) is 0 Å². The van der Waals surface area contributed by atoms with Gasteiger partial charge in [-0.3, -0.25) is 9.59 Å². The zero-order valence-corrected chi connectivity index (χ0v) is 17.4. The molecule has 3 aromatic rings. The molecule has 0 bridgehead atoms. The van der Waals surface area contributed by atoms with Crippen molar-refractivity contribution >= 4 is 34.2 Å². The normalized spacial score (nSPS) is 10.4. The molecule has 0 aliphatic rings. The van der Waals surface area contributed by atoms with E-state index in [1.54, 1.807) is 6.07 Å². The summed E-state index contributed by atoms with van der Waals surface area (Å²) in [6.07, 6.45) is 0. The number of esters is 1. The van der Waals surface area contributed by atoms with Crippen molar-refractivity contribution in [1.29, 1.82) is 0 Å². The summed E-state index contributed by atoms with van der Waals surface area (Å²) in [5.74, 6) is -1.08. The van der Waals surface area contributed by atoms with Gasteiger partial charge in [-0.25, -0.2) is 4.79 Å². The van der Waals surface area contributed by atoms with Gasteiger partial charge in [0.1, 0.15) is 5.75 Å². The first-order chi connectivity index (χ1) is 14.9. The molecule has 7 heteroatoms. The Morgan fingerprint density at radius 2 is 1.52 bits per heavy atom. The summed E-state index contributed by atoms with van der Waals surface area (Å²) in [5.41, 5.74) is 2.58. The summed E-state index contributed by atoms with van der Waals surface area (Å²) >= 11 is 0. The molecule has 7 nitrogen and oxygen atoms in total. The highest BCUT2D eigenvalue weighted by molar-refractivity contribution is 5.96. The number of anilines is 1. The molecule has 2 N–H and O–H groups in total. The lowest BCUT2D eigenvalue weighted by molar-refractivity contribution is -0.150. The van der Waals surface area contributed by atoms with Crippen LogP contribution in [-0.4, -0.2) is 37.5 Å². The number of carbonyl (C=O) groups is 3. The standard InChI is InChI=1S/C24H24N2O5/c1-16-6-5-7-17(2)24(16)26-21(27)13-25-22(28)14-31-23(29)15-30-20-11-10-18-8-3-4-9-19(18)12-20/h3-12H,13-15H2,1-2H3,(H,25,28)(H,26,27). The zero-order chi connectivity index (χ0) is 22.2. The number of fused-ring (bicyclic) bond motifs is 1. The number of nitrogens with one attached hydrogen (secondary N) is 2. The van der Waals surface area contributed by atoms with Crippen LogP contribution in [-0.2, 0) is 19.1 Å². The van der Waals surface area contributed by atoms with Gasteiger partial charge in [0.15, 0.2) is 13.2 Å². The number of aryl methyl sites for hydroxylation is 2. The van der Waals surface area contributed by atoms with Gasteiger partial charge < -0.3 is 20.1 Å². The van der Waals surface area contributed by atoms with Crippen LogP contribution in [0.5, 0.6) is 5.75 Å². The number of hydrogen-bond acceptors (Lipinski definition) is 5. The molecule has 3 aromatic carbocycles. The minimum atomic E-state index is -0.678. The van der Waals surface area contributed by atoms with Crippen LogP contribution in [0.4, 0.5) is 5.69 Å². The van der Waals surface area contributed by atoms with Gasteiger partial charge in [0.05, 0.1) is 6.54 Å². The molecule has 0 heterocycles. The first-order valence-electron chi connectivity index (χ1n) is 9.82. The molecule has 3 rings (SSSR count). The van der Waals surface area contributed by atoms with E-state index < -0.39 is 18.5 Å². The largest absolute Gasteiger partial charge is 0.482 e. The maximum Gasteiger partial charge on any atom is 0.344 e. The van der Waals surface area contributed by atoms with Crippen molar-refractivity contribution < 1.29 is 23.9 Å². The lowest BCUT2D eigenvalue weighted by Gasteiger charge is -2.12. The van der Waals surface area contributed by atoms with Gasteiger partial charge in [-0.2, -0.15) is 0 Å². The van der Waals surface area contributed by atoms with Crippen LogP contribution in [0, 0.1) is 13.8 Å². The number of carbonyl (C=O) groups excluding carboxylic acids is 3. The Balaban J connectivity index is 1.37. The first-order valence-corrected chi connectivity index (χ1v) is 9.82. The minimum absolute atomic E-state index is 0.224. The Kier molecular flexibility index (Phi) is 7.22. The molecule has 2 amide bonds. The van der Waals surface area contributed by atoms with E-state index in [0.717, 1.165) is 27.6 Å². The van der Waals surface area contributed by atoms with Crippen LogP contribution in [0.1, 0.15) is 11.1 Å². The lowest BCUT2D eigenvalue weighted by atomic mass is 10.1. The van der Waals surface area contributed by atoms with Crippen LogP contribution >= 0.6 is 0 Å². The topological polar surface area (TPSA) is 93.7 Å². The molecule has 160 valence electrons. The third kappa shape index (κ3) is 6.30. The van der Waals surface area contributed by atoms with Crippen LogP contribution < -0.4 is 15.4 Å². The van der Waals surface area contributed by atoms with Crippen molar-refractivity contribution in [2.45, 2.75) is 13.8 Å². The van der Waals surface area contributed by atoms with Gasteiger partial charge in [-0.1, -0.05) is 48.5 Å². The zero-order valence-electron chi connectivity index (χ0n) is 17.4. The molecule has 0 aliphatic heterocycles. The van der Waals surface area contributed by atoms with E-state index >= 15 is 0 Å². The number of rotatable bonds is 8. The molecule has 0 radical (unpaired) electrons. The maximum absolute atomic E-state index is 12.1. The predicted molar refractivity (Wildman–Crippen MR) is 118 cm³/mol. The summed E-state index contributed by atoms with van der Waals surface area (Å²) < 4.78 is 10.3. The fourth-order valence-electron chi connectivity index (χ4n) is 3.01. The fourth-order valence-corrected chi connectivity index (χ4v) is 3.01. The van der Waals surface area contributed by atoms with Crippen LogP contribution in [0.3, 0.4) is 0 Å². The predicted octanol–water partition coefficient (Wildman–Crippen LogP) is 3.13. The summed E-state index contributed by atoms with van der Waals surface area (Å²) in [5, 5.41) is 7.25. The highest BCUT2D eigenvalue weighted by atomic mass is 16.6. The second-order valence-electron chi connectivity index (χ2n) is 7.05. The molecule has 0 aromatic heterocycles. The van der Waals surface area contributed by atoms with Gasteiger partial charge in [-0.05, 0) is 47.9 Å². The average molecular weight is 420 g/mol. The number of ether oxygens (including phenoxy) is 2. The fraction of sp³-hybridized carbons (Fsp3) is 0.208. The van der Waals surface area contributed by atoms with Crippen molar-refractivity contribution in [3.8, 4) is 5.75 Å². The van der Waals surface area contributed by atoms with Crippen LogP contribution in [0.15, 0.2) is 60.7 Å². The number of amides is 2. The van der Waals surface area contributed by atoms with Gasteiger partial charge in [0, 0.05) is 5.69 Å². The Morgan fingerprint density at radius 1 is 0.806 bits per heavy atom. The number of benzene rings is 3. The monoisotopic (exact) mass is 420 g/mol. The quantitative estimate of drug-likeness (QED) is 0.546. The molecule has 0 saturated heterocycles. The molecule has 0 saturated carbocycles. The van der Waals surface area contributed by atoms with E-state index in [9.17, 15) is 14.4 Å². The van der Waals surface area contributed by atoms with Crippen LogP contribution in [0.25, 0.3) is 10.8 Å². The molecule has 0 unspecified atom stereocenters. The Hall–Kier alpha value is -3.87. The SMILES string of the molecule is Cc1cccc(C)c1NC(=O)CNC(=O)COC(=O)COc1ccc2ccccc2c1. The molecular weight excluding hydrogens is 396 g/mol. The first kappa shape index (κ1) is 21.8. The molecule has 0 atom stereocenters. The molecule has 0 aliphatic carbocycles. The second kappa shape index (κ2) is 10.2. The van der Waals surface area contributed by atoms with Gasteiger partial charge in [0.25, 0.3) is 5.91 Å². The van der Waals surface area contributed by atoms with Gasteiger partial charge in [0.2, 0.25) is 5.91 Å². The van der Waals surface area contributed by atoms with Crippen molar-refractivity contribution in [2.75, 3.05) is 25.1 Å². The van der Waals surface area contributed by atoms with E-state index in [1.165, 1.54) is 0 Å². The highest BCUT2D eigenvalue weighted by Gasteiger charge is 2.11. The molecule has 0 fully saturated rings. The van der Waals surface area contributed by atoms with Crippen LogP contribution in [0.2, 0.25) is 0 Å². The van der Waals surface area contributed by atoms with Crippen molar-refractivity contribution in [2.24, 2.45) is 0 Å². The molecule has 31 heavy (non-hydrogen) atoms. The van der Waals surface area contributed by atoms with E-state index in [0.29, 0.717) is 5.75 Å². The smallest absolute Gasteiger partial charge is 0.344 e. The third-order valence-electron chi connectivity index (χ3n) is 4.63. The summed E-state index contributed by atoms with van der Waals surface area (Å²) in [6, 6.07) is 18.9. The Morgan fingerprint density at radius 3 is 2.26 bits per heavy atom. The lowest BCUT2D eigenvalue weighted by Crippen LogP contribution is -2.36. The third-order valence-corrected chi connectivity index (χ3v) is 4.63. The summed E-state index contributed by atoms with van der Waals surface area (Å²) in [4.78, 5) is 35.7. The number of hydrogen-bond donors (Lipinski definition) is 2. The number of para-hydroxylation sites is 1. The summed E-state index contributed by atoms with van der Waals surface area (Å²) in [7, 11) is 0. The Labute approximate surface area is 180 Å². The van der Waals surface area contributed by atoms with Crippen molar-refractivity contribution in [3.05, 3.63) is 71.8 Å². The minimum Gasteiger partial charge on any atom is -0.482 e. The maximum atomic E-state index is 12.1. The van der Waals surface area contributed by atoms with Gasteiger partial charge >= 0.3 is 5.97 Å². The highest BCUT2D eigenvalue weighted by Crippen LogP contribution is 2.20. The second-order valence-corrected chi connectivity index (χ2v) is 7.05. The van der Waals surface area contributed by atoms with E-state index in [4.69, 9.17) is 9.47 Å². The average Bonchev–Trinajstić information content (AvgIpc) is 2.77. The van der Waals surface area contributed by atoms with Crippen molar-refractivity contribution in [1.82, 2.24) is 5.32 Å². The summed E-state index contributed by atoms with van der Waals surface area (Å²) in [6.45, 7) is 2.74. The van der Waals surface area contributed by atoms with E-state index in [1.807, 2.05) is 68.4 Å².